The zero-order valence-corrected chi connectivity index (χ0v) is 19.0. The minimum Gasteiger partial charge on any atom is -0.457 e. The summed E-state index contributed by atoms with van der Waals surface area (Å²) in [5, 5.41) is 5.34. The normalized spacial score (nSPS) is 19.0. The molecule has 5 rings (SSSR count). The van der Waals surface area contributed by atoms with Gasteiger partial charge in [0, 0.05) is 30.4 Å². The molecular formula is C25H20ClF3N4O2. The number of aromatic nitrogens is 1. The number of alkyl halides is 3. The molecule has 1 aromatic heterocycles. The predicted octanol–water partition coefficient (Wildman–Crippen LogP) is 5.64. The third kappa shape index (κ3) is 5.24. The van der Waals surface area contributed by atoms with Crippen LogP contribution in [0.25, 0.3) is 0 Å². The van der Waals surface area contributed by atoms with Crippen molar-refractivity contribution in [2.45, 2.75) is 18.5 Å². The van der Waals surface area contributed by atoms with Crippen molar-refractivity contribution >= 4 is 29.0 Å². The van der Waals surface area contributed by atoms with E-state index < -0.39 is 16.8 Å². The van der Waals surface area contributed by atoms with Gasteiger partial charge in [-0.2, -0.15) is 13.2 Å². The molecule has 2 aromatic carbocycles. The van der Waals surface area contributed by atoms with Crippen LogP contribution in [0.2, 0.25) is 5.02 Å². The van der Waals surface area contributed by atoms with Crippen LogP contribution in [-0.4, -0.2) is 29.8 Å². The Morgan fingerprint density at radius 3 is 2.71 bits per heavy atom. The third-order valence-electron chi connectivity index (χ3n) is 5.84. The molecule has 1 fully saturated rings. The van der Waals surface area contributed by atoms with Crippen LogP contribution in [0.15, 0.2) is 65.8 Å². The molecule has 0 saturated heterocycles. The minimum absolute atomic E-state index is 0.0435. The number of hydrogen-bond donors (Lipinski definition) is 2. The van der Waals surface area contributed by atoms with Gasteiger partial charge < -0.3 is 15.4 Å². The fourth-order valence-corrected chi connectivity index (χ4v) is 4.25. The summed E-state index contributed by atoms with van der Waals surface area (Å²) in [6, 6.07) is 14.3. The Kier molecular flexibility index (Phi) is 6.10. The summed E-state index contributed by atoms with van der Waals surface area (Å²) in [6.07, 6.45) is -2.35. The van der Waals surface area contributed by atoms with Crippen LogP contribution >= 0.6 is 11.6 Å². The third-order valence-corrected chi connectivity index (χ3v) is 6.17. The molecule has 180 valence electrons. The molecule has 0 bridgehead atoms. The van der Waals surface area contributed by atoms with E-state index in [0.29, 0.717) is 30.2 Å². The Labute approximate surface area is 204 Å². The van der Waals surface area contributed by atoms with Gasteiger partial charge in [-0.1, -0.05) is 23.7 Å². The SMILES string of the molecule is O=C(Nc1ccc(Cl)c(C(F)(F)F)c1)C1CC1c1cccc(Oc2ccnc(C3=NCCN3)c2)c1. The summed E-state index contributed by atoms with van der Waals surface area (Å²) in [4.78, 5) is 21.3. The number of rotatable bonds is 6. The van der Waals surface area contributed by atoms with Crippen LogP contribution < -0.4 is 15.4 Å². The van der Waals surface area contributed by atoms with Crippen LogP contribution in [0.5, 0.6) is 11.5 Å². The lowest BCUT2D eigenvalue weighted by atomic mass is 10.1. The summed E-state index contributed by atoms with van der Waals surface area (Å²) in [5.41, 5.74) is 0.699. The average Bonchev–Trinajstić information content (AvgIpc) is 3.45. The number of ether oxygens (including phenoxy) is 1. The molecule has 6 nitrogen and oxygen atoms in total. The number of pyridine rings is 1. The van der Waals surface area contributed by atoms with E-state index >= 15 is 0 Å². The molecule has 2 N–H and O–H groups in total. The number of amides is 1. The van der Waals surface area contributed by atoms with Crippen molar-refractivity contribution in [1.29, 1.82) is 0 Å². The molecule has 35 heavy (non-hydrogen) atoms. The number of carbonyl (C=O) groups is 1. The molecule has 1 saturated carbocycles. The highest BCUT2D eigenvalue weighted by molar-refractivity contribution is 6.31. The van der Waals surface area contributed by atoms with Gasteiger partial charge in [-0.3, -0.25) is 14.8 Å². The maximum absolute atomic E-state index is 13.1. The molecular weight excluding hydrogens is 481 g/mol. The van der Waals surface area contributed by atoms with Crippen molar-refractivity contribution in [3.8, 4) is 11.5 Å². The number of nitrogens with zero attached hydrogens (tertiary/aromatic N) is 2. The second kappa shape index (κ2) is 9.22. The zero-order chi connectivity index (χ0) is 24.6. The molecule has 2 aliphatic rings. The first kappa shape index (κ1) is 23.2. The highest BCUT2D eigenvalue weighted by atomic mass is 35.5. The second-order valence-electron chi connectivity index (χ2n) is 8.34. The van der Waals surface area contributed by atoms with Gasteiger partial charge in [-0.05, 0) is 54.3 Å². The fraction of sp³-hybridized carbons (Fsp3) is 0.240. The molecule has 2 heterocycles. The molecule has 10 heteroatoms. The molecule has 2 atom stereocenters. The summed E-state index contributed by atoms with van der Waals surface area (Å²) in [5.74, 6) is 1.24. The standard InChI is InChI=1S/C25H20ClF3N4O2/c26-21-5-4-15(11-20(21)25(27,28)29)33-24(34)19-13-18(19)14-2-1-3-16(10-14)35-17-6-7-30-22(12-17)23-31-8-9-32-23/h1-7,10-12,18-19H,8-9,13H2,(H,31,32)(H,33,34). The Morgan fingerprint density at radius 2 is 1.94 bits per heavy atom. The number of aliphatic imine (C=N–C) groups is 1. The van der Waals surface area contributed by atoms with Crippen molar-refractivity contribution in [3.63, 3.8) is 0 Å². The lowest BCUT2D eigenvalue weighted by Crippen LogP contribution is -2.20. The molecule has 3 aromatic rings. The zero-order valence-electron chi connectivity index (χ0n) is 18.3. The van der Waals surface area contributed by atoms with Gasteiger partial charge in [-0.25, -0.2) is 0 Å². The van der Waals surface area contributed by atoms with E-state index in [1.807, 2.05) is 24.3 Å². The monoisotopic (exact) mass is 500 g/mol. The van der Waals surface area contributed by atoms with Gasteiger partial charge in [0.1, 0.15) is 23.0 Å². The maximum Gasteiger partial charge on any atom is 0.417 e. The Hall–Kier alpha value is -3.59. The number of carbonyl (C=O) groups excluding carboxylic acids is 1. The van der Waals surface area contributed by atoms with Crippen LogP contribution in [0.3, 0.4) is 0 Å². The number of amidine groups is 1. The van der Waals surface area contributed by atoms with E-state index in [4.69, 9.17) is 16.3 Å². The smallest absolute Gasteiger partial charge is 0.417 e. The van der Waals surface area contributed by atoms with E-state index in [1.54, 1.807) is 18.3 Å². The number of halogens is 4. The predicted molar refractivity (Wildman–Crippen MR) is 126 cm³/mol. The number of benzene rings is 2. The molecule has 0 spiro atoms. The van der Waals surface area contributed by atoms with Gasteiger partial charge in [0.2, 0.25) is 5.91 Å². The van der Waals surface area contributed by atoms with Crippen LogP contribution in [0, 0.1) is 5.92 Å². The van der Waals surface area contributed by atoms with E-state index in [9.17, 15) is 18.0 Å². The van der Waals surface area contributed by atoms with E-state index in [-0.39, 0.29) is 23.4 Å². The highest BCUT2D eigenvalue weighted by Gasteiger charge is 2.44. The van der Waals surface area contributed by atoms with Gasteiger partial charge in [0.05, 0.1) is 17.1 Å². The largest absolute Gasteiger partial charge is 0.457 e. The molecule has 0 radical (unpaired) electrons. The van der Waals surface area contributed by atoms with Crippen LogP contribution in [-0.2, 0) is 11.0 Å². The summed E-state index contributed by atoms with van der Waals surface area (Å²) in [7, 11) is 0. The van der Waals surface area contributed by atoms with Gasteiger partial charge in [0.15, 0.2) is 0 Å². The second-order valence-corrected chi connectivity index (χ2v) is 8.75. The maximum atomic E-state index is 13.1. The fourth-order valence-electron chi connectivity index (χ4n) is 4.03. The summed E-state index contributed by atoms with van der Waals surface area (Å²) in [6.45, 7) is 1.49. The van der Waals surface area contributed by atoms with Crippen LogP contribution in [0.4, 0.5) is 18.9 Å². The number of nitrogens with one attached hydrogen (secondary N) is 2. The highest BCUT2D eigenvalue weighted by Crippen LogP contribution is 2.49. The molecule has 1 aliphatic carbocycles. The Bertz CT molecular complexity index is 1310. The molecule has 1 aliphatic heterocycles. The average molecular weight is 501 g/mol. The lowest BCUT2D eigenvalue weighted by Gasteiger charge is -2.12. The van der Waals surface area contributed by atoms with Gasteiger partial charge in [-0.15, -0.1) is 0 Å². The van der Waals surface area contributed by atoms with Crippen molar-refractivity contribution in [1.82, 2.24) is 10.3 Å². The summed E-state index contributed by atoms with van der Waals surface area (Å²) >= 11 is 5.65. The van der Waals surface area contributed by atoms with Crippen molar-refractivity contribution in [2.24, 2.45) is 10.9 Å². The first-order valence-electron chi connectivity index (χ1n) is 11.0. The number of anilines is 1. The first-order valence-corrected chi connectivity index (χ1v) is 11.4. The van der Waals surface area contributed by atoms with E-state index in [2.05, 4.69) is 20.6 Å². The first-order chi connectivity index (χ1) is 16.8. The van der Waals surface area contributed by atoms with Gasteiger partial charge >= 0.3 is 6.18 Å². The van der Waals surface area contributed by atoms with Crippen molar-refractivity contribution in [2.75, 3.05) is 18.4 Å². The van der Waals surface area contributed by atoms with E-state index in [0.717, 1.165) is 30.1 Å². The topological polar surface area (TPSA) is 75.6 Å². The van der Waals surface area contributed by atoms with E-state index in [1.165, 1.54) is 6.07 Å². The summed E-state index contributed by atoms with van der Waals surface area (Å²) < 4.78 is 45.3. The Balaban J connectivity index is 1.24. The molecule has 1 amide bonds. The van der Waals surface area contributed by atoms with Crippen LogP contribution in [0.1, 0.15) is 29.2 Å². The van der Waals surface area contributed by atoms with Crippen molar-refractivity contribution in [3.05, 3.63) is 82.6 Å². The Morgan fingerprint density at radius 1 is 1.11 bits per heavy atom. The number of hydrogen-bond acceptors (Lipinski definition) is 5. The van der Waals surface area contributed by atoms with Gasteiger partial charge in [0.25, 0.3) is 0 Å². The van der Waals surface area contributed by atoms with Crippen molar-refractivity contribution < 1.29 is 22.7 Å². The molecule has 2 unspecified atom stereocenters. The minimum atomic E-state index is -4.60. The quantitative estimate of drug-likeness (QED) is 0.459. The lowest BCUT2D eigenvalue weighted by molar-refractivity contribution is -0.137.